The maximum Gasteiger partial charge on any atom is 0.243 e. The smallest absolute Gasteiger partial charge is 0.243 e. The number of rotatable bonds is 2. The highest BCUT2D eigenvalue weighted by molar-refractivity contribution is 7.89. The summed E-state index contributed by atoms with van der Waals surface area (Å²) in [6, 6.07) is 13.3. The molecule has 2 aromatic carbocycles. The van der Waals surface area contributed by atoms with Crippen LogP contribution in [0.3, 0.4) is 0 Å². The van der Waals surface area contributed by atoms with Crippen LogP contribution in [0.5, 0.6) is 5.75 Å². The summed E-state index contributed by atoms with van der Waals surface area (Å²) in [7, 11) is -3.51. The third kappa shape index (κ3) is 2.28. The van der Waals surface area contributed by atoms with Crippen molar-refractivity contribution in [2.24, 2.45) is 0 Å². The summed E-state index contributed by atoms with van der Waals surface area (Å²) in [5, 5.41) is 1.11. The van der Waals surface area contributed by atoms with Gasteiger partial charge in [-0.15, -0.1) is 0 Å². The van der Waals surface area contributed by atoms with E-state index < -0.39 is 10.0 Å². The number of nitrogens with one attached hydrogen (secondary N) is 1. The fourth-order valence-electron chi connectivity index (χ4n) is 3.82. The van der Waals surface area contributed by atoms with Gasteiger partial charge in [0.05, 0.1) is 11.5 Å². The Labute approximate surface area is 146 Å². The predicted molar refractivity (Wildman–Crippen MR) is 95.2 cm³/mol. The molecule has 128 valence electrons. The molecule has 0 saturated carbocycles. The van der Waals surface area contributed by atoms with E-state index in [0.29, 0.717) is 31.0 Å². The minimum Gasteiger partial charge on any atom is -0.493 e. The number of nitrogens with zero attached hydrogens (tertiary/aromatic N) is 1. The maximum atomic E-state index is 13.1. The lowest BCUT2D eigenvalue weighted by Gasteiger charge is -2.26. The van der Waals surface area contributed by atoms with Crippen molar-refractivity contribution in [2.45, 2.75) is 24.3 Å². The number of ether oxygens (including phenoxy) is 1. The molecule has 3 aromatic rings. The first-order valence-corrected chi connectivity index (χ1v) is 9.91. The molecule has 6 heteroatoms. The zero-order valence-electron chi connectivity index (χ0n) is 13.7. The molecule has 0 fully saturated rings. The molecule has 2 aliphatic rings. The van der Waals surface area contributed by atoms with Crippen LogP contribution in [-0.2, 0) is 29.4 Å². The van der Waals surface area contributed by atoms with Crippen molar-refractivity contribution in [3.63, 3.8) is 0 Å². The zero-order valence-corrected chi connectivity index (χ0v) is 14.5. The normalized spacial score (nSPS) is 17.3. The van der Waals surface area contributed by atoms with E-state index in [2.05, 4.69) is 4.98 Å². The predicted octanol–water partition coefficient (Wildman–Crippen LogP) is 2.85. The number of hydrogen-bond donors (Lipinski definition) is 1. The van der Waals surface area contributed by atoms with Gasteiger partial charge in [0.1, 0.15) is 5.75 Å². The Morgan fingerprint density at radius 1 is 1.08 bits per heavy atom. The van der Waals surface area contributed by atoms with Gasteiger partial charge in [0.25, 0.3) is 0 Å². The quantitative estimate of drug-likeness (QED) is 0.770. The molecule has 0 radical (unpaired) electrons. The Hall–Kier alpha value is -2.31. The molecule has 5 rings (SSSR count). The van der Waals surface area contributed by atoms with Gasteiger partial charge >= 0.3 is 0 Å². The van der Waals surface area contributed by atoms with Gasteiger partial charge in [0.15, 0.2) is 0 Å². The third-order valence-corrected chi connectivity index (χ3v) is 6.99. The molecule has 0 saturated heterocycles. The number of para-hydroxylation sites is 1. The van der Waals surface area contributed by atoms with Crippen LogP contribution in [0, 0.1) is 0 Å². The van der Waals surface area contributed by atoms with E-state index in [0.717, 1.165) is 39.9 Å². The number of aromatic amines is 1. The van der Waals surface area contributed by atoms with Crippen molar-refractivity contribution < 1.29 is 13.2 Å². The Balaban J connectivity index is 1.53. The summed E-state index contributed by atoms with van der Waals surface area (Å²) in [6.45, 7) is 1.53. The maximum absolute atomic E-state index is 13.1. The first kappa shape index (κ1) is 15.0. The number of hydrogen-bond acceptors (Lipinski definition) is 3. The lowest BCUT2D eigenvalue weighted by molar-refractivity contribution is 0.356. The number of sulfonamides is 1. The lowest BCUT2D eigenvalue weighted by Crippen LogP contribution is -2.35. The van der Waals surface area contributed by atoms with Crippen molar-refractivity contribution in [1.29, 1.82) is 0 Å². The molecular weight excluding hydrogens is 336 g/mol. The van der Waals surface area contributed by atoms with Gasteiger partial charge < -0.3 is 9.72 Å². The van der Waals surface area contributed by atoms with Gasteiger partial charge in [-0.3, -0.25) is 0 Å². The van der Waals surface area contributed by atoms with Crippen molar-refractivity contribution in [3.8, 4) is 5.75 Å². The summed E-state index contributed by atoms with van der Waals surface area (Å²) in [5.74, 6) is 0.802. The van der Waals surface area contributed by atoms with Crippen LogP contribution < -0.4 is 4.74 Å². The second-order valence-electron chi connectivity index (χ2n) is 6.58. The van der Waals surface area contributed by atoms with Gasteiger partial charge in [0, 0.05) is 42.5 Å². The minimum atomic E-state index is -3.51. The number of benzene rings is 2. The van der Waals surface area contributed by atoms with Crippen molar-refractivity contribution in [2.75, 3.05) is 13.2 Å². The van der Waals surface area contributed by atoms with E-state index in [4.69, 9.17) is 4.74 Å². The molecule has 0 spiro atoms. The summed E-state index contributed by atoms with van der Waals surface area (Å²) < 4.78 is 33.3. The van der Waals surface area contributed by atoms with E-state index in [-0.39, 0.29) is 0 Å². The summed E-state index contributed by atoms with van der Waals surface area (Å²) in [5.41, 5.74) is 4.29. The first-order chi connectivity index (χ1) is 12.1. The second kappa shape index (κ2) is 5.34. The van der Waals surface area contributed by atoms with Crippen LogP contribution in [0.1, 0.15) is 16.8 Å². The molecule has 25 heavy (non-hydrogen) atoms. The molecule has 0 unspecified atom stereocenters. The van der Waals surface area contributed by atoms with Crippen molar-refractivity contribution in [1.82, 2.24) is 9.29 Å². The summed E-state index contributed by atoms with van der Waals surface area (Å²) in [6.07, 6.45) is 1.47. The lowest BCUT2D eigenvalue weighted by atomic mass is 10.1. The van der Waals surface area contributed by atoms with Crippen LogP contribution in [-0.4, -0.2) is 30.9 Å². The third-order valence-electron chi connectivity index (χ3n) is 5.15. The number of aromatic nitrogens is 1. The Bertz CT molecular complexity index is 1090. The topological polar surface area (TPSA) is 62.4 Å². The van der Waals surface area contributed by atoms with Gasteiger partial charge in [0.2, 0.25) is 10.0 Å². The van der Waals surface area contributed by atoms with Crippen molar-refractivity contribution >= 4 is 20.9 Å². The van der Waals surface area contributed by atoms with Gasteiger partial charge in [-0.25, -0.2) is 8.42 Å². The highest BCUT2D eigenvalue weighted by Gasteiger charge is 2.31. The van der Waals surface area contributed by atoms with Crippen LogP contribution in [0.2, 0.25) is 0 Å². The van der Waals surface area contributed by atoms with Gasteiger partial charge in [-0.1, -0.05) is 18.2 Å². The van der Waals surface area contributed by atoms with Gasteiger partial charge in [-0.2, -0.15) is 4.31 Å². The number of fused-ring (bicyclic) bond motifs is 4. The number of H-pyrrole nitrogens is 1. The Morgan fingerprint density at radius 3 is 2.88 bits per heavy atom. The monoisotopic (exact) mass is 354 g/mol. The van der Waals surface area contributed by atoms with Crippen LogP contribution in [0.4, 0.5) is 0 Å². The van der Waals surface area contributed by atoms with E-state index in [9.17, 15) is 8.42 Å². The molecule has 1 N–H and O–H groups in total. The molecule has 2 aliphatic heterocycles. The first-order valence-electron chi connectivity index (χ1n) is 8.47. The van der Waals surface area contributed by atoms with Gasteiger partial charge in [-0.05, 0) is 35.4 Å². The fraction of sp³-hybridized carbons (Fsp3) is 0.263. The highest BCUT2D eigenvalue weighted by atomic mass is 32.2. The average molecular weight is 354 g/mol. The second-order valence-corrected chi connectivity index (χ2v) is 8.52. The van der Waals surface area contributed by atoms with Crippen LogP contribution in [0.15, 0.2) is 47.4 Å². The summed E-state index contributed by atoms with van der Waals surface area (Å²) >= 11 is 0. The van der Waals surface area contributed by atoms with Crippen LogP contribution >= 0.6 is 0 Å². The largest absolute Gasteiger partial charge is 0.493 e. The van der Waals surface area contributed by atoms with E-state index >= 15 is 0 Å². The fourth-order valence-corrected chi connectivity index (χ4v) is 5.28. The molecule has 5 nitrogen and oxygen atoms in total. The molecule has 0 amide bonds. The molecular formula is C19H18N2O3S. The van der Waals surface area contributed by atoms with E-state index in [1.807, 2.05) is 24.3 Å². The van der Waals surface area contributed by atoms with E-state index in [1.54, 1.807) is 22.5 Å². The standard InChI is InChI=1S/C19H18N2O3S/c22-25(23,14-5-6-19-13(11-14)8-10-24-19)21-9-7-18-16(12-21)15-3-1-2-4-17(15)20-18/h1-6,11,20H,7-10,12H2. The Morgan fingerprint density at radius 2 is 1.96 bits per heavy atom. The Kier molecular flexibility index (Phi) is 3.20. The van der Waals surface area contributed by atoms with E-state index in [1.165, 1.54) is 0 Å². The molecule has 0 bridgehead atoms. The zero-order chi connectivity index (χ0) is 17.0. The minimum absolute atomic E-state index is 0.361. The molecule has 0 aliphatic carbocycles. The molecule has 0 atom stereocenters. The SMILES string of the molecule is O=S(=O)(c1ccc2c(c1)CCO2)N1CCc2[nH]c3ccccc3c2C1. The van der Waals surface area contributed by atoms with Crippen LogP contribution in [0.25, 0.3) is 10.9 Å². The summed E-state index contributed by atoms with van der Waals surface area (Å²) in [4.78, 5) is 3.78. The van der Waals surface area contributed by atoms with Crippen molar-refractivity contribution in [3.05, 3.63) is 59.3 Å². The molecule has 3 heterocycles. The average Bonchev–Trinajstić information content (AvgIpc) is 3.24. The highest BCUT2D eigenvalue weighted by Crippen LogP contribution is 2.33. The molecule has 1 aromatic heterocycles.